The maximum atomic E-state index is 5.61. The highest BCUT2D eigenvalue weighted by Crippen LogP contribution is 2.16. The van der Waals surface area contributed by atoms with Crippen molar-refractivity contribution in [1.29, 1.82) is 0 Å². The van der Waals surface area contributed by atoms with Crippen molar-refractivity contribution in [2.24, 2.45) is 0 Å². The van der Waals surface area contributed by atoms with Crippen LogP contribution in [0, 0.1) is 0 Å². The molecule has 1 aliphatic heterocycles. The molecule has 0 spiro atoms. The lowest BCUT2D eigenvalue weighted by Crippen LogP contribution is -2.03. The Hall–Kier alpha value is -1.28. The lowest BCUT2D eigenvalue weighted by Gasteiger charge is -2.05. The second-order valence-corrected chi connectivity index (χ2v) is 4.68. The number of benzene rings is 1. The number of unbranched alkanes of at least 4 members (excludes halogenated alkanes) is 1. The molecule has 1 aliphatic rings. The zero-order valence-electron chi connectivity index (χ0n) is 11.1. The summed E-state index contributed by atoms with van der Waals surface area (Å²) in [6, 6.07) is 8.43. The predicted molar refractivity (Wildman–Crippen MR) is 74.0 cm³/mol. The van der Waals surface area contributed by atoms with E-state index < -0.39 is 0 Å². The highest BCUT2D eigenvalue weighted by molar-refractivity contribution is 5.27. The fourth-order valence-corrected chi connectivity index (χ4v) is 1.81. The molecule has 1 saturated heterocycles. The molecule has 1 atom stereocenters. The van der Waals surface area contributed by atoms with Crippen LogP contribution in [0.1, 0.15) is 31.7 Å². The van der Waals surface area contributed by atoms with Gasteiger partial charge in [-0.2, -0.15) is 0 Å². The van der Waals surface area contributed by atoms with Crippen LogP contribution in [0.5, 0.6) is 5.75 Å². The van der Waals surface area contributed by atoms with E-state index in [9.17, 15) is 0 Å². The Morgan fingerprint density at radius 1 is 1.28 bits per heavy atom. The predicted octanol–water partition coefficient (Wildman–Crippen LogP) is 3.75. The van der Waals surface area contributed by atoms with Crippen molar-refractivity contribution in [2.75, 3.05) is 13.2 Å². The summed E-state index contributed by atoms with van der Waals surface area (Å²) in [7, 11) is 0. The monoisotopic (exact) mass is 246 g/mol. The zero-order valence-corrected chi connectivity index (χ0v) is 11.1. The van der Waals surface area contributed by atoms with E-state index in [1.807, 2.05) is 0 Å². The maximum absolute atomic E-state index is 5.61. The third-order valence-electron chi connectivity index (χ3n) is 3.00. The summed E-state index contributed by atoms with van der Waals surface area (Å²) < 4.78 is 10.7. The number of epoxide rings is 1. The molecular formula is C16H22O2. The summed E-state index contributed by atoms with van der Waals surface area (Å²) in [4.78, 5) is 0. The van der Waals surface area contributed by atoms with Crippen LogP contribution in [-0.2, 0) is 11.2 Å². The molecule has 1 aromatic carbocycles. The Kier molecular flexibility index (Phi) is 5.28. The highest BCUT2D eigenvalue weighted by atomic mass is 16.6. The number of allylic oxidation sites excluding steroid dienone is 2. The summed E-state index contributed by atoms with van der Waals surface area (Å²) >= 11 is 0. The molecule has 2 nitrogen and oxygen atoms in total. The van der Waals surface area contributed by atoms with Crippen LogP contribution in [-0.4, -0.2) is 19.3 Å². The van der Waals surface area contributed by atoms with Crippen LogP contribution in [0.4, 0.5) is 0 Å². The summed E-state index contributed by atoms with van der Waals surface area (Å²) in [5.41, 5.74) is 1.38. The highest BCUT2D eigenvalue weighted by Gasteiger charge is 2.22. The molecule has 1 heterocycles. The Bertz CT molecular complexity index is 363. The molecule has 98 valence electrons. The first-order chi connectivity index (χ1) is 8.88. The molecule has 0 bridgehead atoms. The van der Waals surface area contributed by atoms with Crippen LogP contribution in [0.2, 0.25) is 0 Å². The topological polar surface area (TPSA) is 21.8 Å². The van der Waals surface area contributed by atoms with E-state index in [2.05, 4.69) is 43.3 Å². The fourth-order valence-electron chi connectivity index (χ4n) is 1.81. The molecule has 2 heteroatoms. The lowest BCUT2D eigenvalue weighted by atomic mass is 10.1. The van der Waals surface area contributed by atoms with Gasteiger partial charge in [0, 0.05) is 0 Å². The minimum Gasteiger partial charge on any atom is -0.491 e. The van der Waals surface area contributed by atoms with Crippen molar-refractivity contribution in [3.63, 3.8) is 0 Å². The molecule has 0 N–H and O–H groups in total. The smallest absolute Gasteiger partial charge is 0.119 e. The Balaban J connectivity index is 1.67. The number of ether oxygens (including phenoxy) is 2. The van der Waals surface area contributed by atoms with Gasteiger partial charge in [0.2, 0.25) is 0 Å². The molecule has 0 radical (unpaired) electrons. The minimum absolute atomic E-state index is 0.329. The van der Waals surface area contributed by atoms with E-state index >= 15 is 0 Å². The molecule has 0 aliphatic carbocycles. The van der Waals surface area contributed by atoms with Gasteiger partial charge in [0.25, 0.3) is 0 Å². The average molecular weight is 246 g/mol. The van der Waals surface area contributed by atoms with Gasteiger partial charge in [0.15, 0.2) is 0 Å². The molecule has 1 fully saturated rings. The van der Waals surface area contributed by atoms with Crippen LogP contribution in [0.3, 0.4) is 0 Å². The van der Waals surface area contributed by atoms with Gasteiger partial charge in [-0.1, -0.05) is 31.2 Å². The molecule has 1 unspecified atom stereocenters. The number of hydrogen-bond donors (Lipinski definition) is 0. The summed E-state index contributed by atoms with van der Waals surface area (Å²) in [6.45, 7) is 3.70. The van der Waals surface area contributed by atoms with Gasteiger partial charge in [-0.25, -0.2) is 0 Å². The number of aryl methyl sites for hydroxylation is 1. The maximum Gasteiger partial charge on any atom is 0.119 e. The van der Waals surface area contributed by atoms with Crippen LogP contribution < -0.4 is 4.74 Å². The molecule has 0 aromatic heterocycles. The average Bonchev–Trinajstić information content (AvgIpc) is 3.22. The largest absolute Gasteiger partial charge is 0.491 e. The van der Waals surface area contributed by atoms with Gasteiger partial charge < -0.3 is 9.47 Å². The van der Waals surface area contributed by atoms with Crippen molar-refractivity contribution >= 4 is 0 Å². The van der Waals surface area contributed by atoms with Gasteiger partial charge in [0.05, 0.1) is 6.61 Å². The third-order valence-corrected chi connectivity index (χ3v) is 3.00. The summed E-state index contributed by atoms with van der Waals surface area (Å²) in [6.07, 6.45) is 9.49. The van der Waals surface area contributed by atoms with Crippen LogP contribution >= 0.6 is 0 Å². The fraction of sp³-hybridized carbons (Fsp3) is 0.500. The second-order valence-electron chi connectivity index (χ2n) is 4.68. The van der Waals surface area contributed by atoms with Crippen molar-refractivity contribution in [3.05, 3.63) is 42.0 Å². The van der Waals surface area contributed by atoms with Gasteiger partial charge >= 0.3 is 0 Å². The standard InChI is InChI=1S/C16H22O2/c1-2-3-4-5-6-7-14-8-10-15(11-9-14)17-12-16-13-18-16/h3-4,8-11,16H,2,5-7,12-13H2,1H3/b4-3+. The SMILES string of the molecule is CC/C=C/CCCc1ccc(OCC2CO2)cc1. The molecule has 0 saturated carbocycles. The van der Waals surface area contributed by atoms with Crippen LogP contribution in [0.25, 0.3) is 0 Å². The molecule has 1 aromatic rings. The summed E-state index contributed by atoms with van der Waals surface area (Å²) in [5, 5.41) is 0. The van der Waals surface area contributed by atoms with E-state index in [4.69, 9.17) is 9.47 Å². The van der Waals surface area contributed by atoms with E-state index in [-0.39, 0.29) is 0 Å². The van der Waals surface area contributed by atoms with Crippen LogP contribution in [0.15, 0.2) is 36.4 Å². The summed E-state index contributed by atoms with van der Waals surface area (Å²) in [5.74, 6) is 0.945. The number of hydrogen-bond acceptors (Lipinski definition) is 2. The van der Waals surface area contributed by atoms with Crippen molar-refractivity contribution in [1.82, 2.24) is 0 Å². The van der Waals surface area contributed by atoms with Gasteiger partial charge in [0.1, 0.15) is 18.5 Å². The van der Waals surface area contributed by atoms with Gasteiger partial charge in [-0.05, 0) is 43.4 Å². The number of rotatable bonds is 8. The van der Waals surface area contributed by atoms with E-state index in [1.54, 1.807) is 0 Å². The normalized spacial score (nSPS) is 18.2. The molecule has 2 rings (SSSR count). The first-order valence-corrected chi connectivity index (χ1v) is 6.87. The third kappa shape index (κ3) is 4.92. The van der Waals surface area contributed by atoms with Crippen molar-refractivity contribution in [2.45, 2.75) is 38.7 Å². The van der Waals surface area contributed by atoms with Gasteiger partial charge in [-0.15, -0.1) is 0 Å². The Morgan fingerprint density at radius 2 is 2.06 bits per heavy atom. The Labute approximate surface area is 110 Å². The van der Waals surface area contributed by atoms with E-state index in [0.29, 0.717) is 12.7 Å². The molecule has 0 amide bonds. The molecular weight excluding hydrogens is 224 g/mol. The minimum atomic E-state index is 0.329. The Morgan fingerprint density at radius 3 is 2.72 bits per heavy atom. The molecule has 18 heavy (non-hydrogen) atoms. The van der Waals surface area contributed by atoms with E-state index in [0.717, 1.165) is 25.2 Å². The first kappa shape index (κ1) is 13.2. The first-order valence-electron chi connectivity index (χ1n) is 6.87. The zero-order chi connectivity index (χ0) is 12.6. The van der Waals surface area contributed by atoms with Crippen molar-refractivity contribution < 1.29 is 9.47 Å². The lowest BCUT2D eigenvalue weighted by molar-refractivity contribution is 0.263. The second kappa shape index (κ2) is 7.22. The van der Waals surface area contributed by atoms with Gasteiger partial charge in [-0.3, -0.25) is 0 Å². The quantitative estimate of drug-likeness (QED) is 0.396. The van der Waals surface area contributed by atoms with Crippen molar-refractivity contribution in [3.8, 4) is 5.75 Å². The van der Waals surface area contributed by atoms with E-state index in [1.165, 1.54) is 18.4 Å².